The molecule has 0 bridgehead atoms. The number of rotatable bonds is 10. The molecular formula is C28H28FN3O2. The molecule has 1 aliphatic rings. The van der Waals surface area contributed by atoms with Crippen molar-refractivity contribution in [2.45, 2.75) is 37.6 Å². The predicted octanol–water partition coefficient (Wildman–Crippen LogP) is 4.60. The molecule has 1 heterocycles. The van der Waals surface area contributed by atoms with E-state index in [-0.39, 0.29) is 23.5 Å². The van der Waals surface area contributed by atoms with Gasteiger partial charge < -0.3 is 5.73 Å². The number of nitrogens with zero attached hydrogens (tertiary/aromatic N) is 2. The van der Waals surface area contributed by atoms with Gasteiger partial charge in [0.25, 0.3) is 5.91 Å². The number of ketones is 1. The number of amides is 1. The zero-order chi connectivity index (χ0) is 24.0. The molecule has 0 aliphatic carbocycles. The lowest BCUT2D eigenvalue weighted by Crippen LogP contribution is -2.44. The summed E-state index contributed by atoms with van der Waals surface area (Å²) >= 11 is 0. The number of aliphatic imine (C=N–C) groups is 1. The van der Waals surface area contributed by atoms with Crippen molar-refractivity contribution in [3.8, 4) is 0 Å². The second-order valence-electron chi connectivity index (χ2n) is 8.52. The molecule has 0 saturated carbocycles. The molecule has 3 aromatic rings. The van der Waals surface area contributed by atoms with Crippen molar-refractivity contribution >= 4 is 17.6 Å². The third kappa shape index (κ3) is 4.91. The van der Waals surface area contributed by atoms with Gasteiger partial charge in [-0.2, -0.15) is 0 Å². The maximum atomic E-state index is 13.7. The molecule has 0 spiro atoms. The summed E-state index contributed by atoms with van der Waals surface area (Å²) in [5, 5.41) is 0. The van der Waals surface area contributed by atoms with E-state index >= 15 is 0 Å². The maximum Gasteiger partial charge on any atom is 0.266 e. The predicted molar refractivity (Wildman–Crippen MR) is 131 cm³/mol. The molecule has 174 valence electrons. The van der Waals surface area contributed by atoms with Crippen molar-refractivity contribution in [2.75, 3.05) is 6.54 Å². The number of Topliss-reactive ketones (excluding diaryl/α,β-unsaturated/α-hetero) is 1. The number of carbonyl (C=O) groups excluding carboxylic acids is 2. The van der Waals surface area contributed by atoms with Gasteiger partial charge in [-0.3, -0.25) is 14.5 Å². The molecule has 5 nitrogen and oxygen atoms in total. The number of halogens is 1. The van der Waals surface area contributed by atoms with Crippen LogP contribution in [-0.4, -0.2) is 29.1 Å². The molecule has 0 unspecified atom stereocenters. The summed E-state index contributed by atoms with van der Waals surface area (Å²) in [6.07, 6.45) is 2.98. The van der Waals surface area contributed by atoms with Crippen LogP contribution in [0.4, 0.5) is 4.39 Å². The van der Waals surface area contributed by atoms with Crippen LogP contribution in [0, 0.1) is 5.82 Å². The topological polar surface area (TPSA) is 75.8 Å². The van der Waals surface area contributed by atoms with Crippen LogP contribution in [0.5, 0.6) is 0 Å². The van der Waals surface area contributed by atoms with Crippen LogP contribution in [0.25, 0.3) is 0 Å². The van der Waals surface area contributed by atoms with E-state index < -0.39 is 5.54 Å². The number of nitrogens with two attached hydrogens (primary N) is 1. The van der Waals surface area contributed by atoms with Gasteiger partial charge in [-0.1, -0.05) is 79.2 Å². The highest BCUT2D eigenvalue weighted by Gasteiger charge is 2.50. The van der Waals surface area contributed by atoms with Crippen molar-refractivity contribution < 1.29 is 14.0 Å². The smallest absolute Gasteiger partial charge is 0.266 e. The summed E-state index contributed by atoms with van der Waals surface area (Å²) in [5.41, 5.74) is 7.45. The Labute approximate surface area is 199 Å². The van der Waals surface area contributed by atoms with Crippen LogP contribution in [0.3, 0.4) is 0 Å². The first-order chi connectivity index (χ1) is 16.5. The van der Waals surface area contributed by atoms with Crippen molar-refractivity contribution in [2.24, 2.45) is 10.7 Å². The lowest BCUT2D eigenvalue weighted by atomic mass is 9.83. The quantitative estimate of drug-likeness (QED) is 0.452. The lowest BCUT2D eigenvalue weighted by Gasteiger charge is -2.27. The minimum atomic E-state index is -1.18. The molecule has 3 aromatic carbocycles. The van der Waals surface area contributed by atoms with Crippen LogP contribution in [0.15, 0.2) is 89.9 Å². The van der Waals surface area contributed by atoms with Crippen LogP contribution < -0.4 is 5.73 Å². The van der Waals surface area contributed by atoms with E-state index in [1.807, 2.05) is 60.7 Å². The fourth-order valence-corrected chi connectivity index (χ4v) is 4.38. The Balaban J connectivity index is 1.35. The fraction of sp³-hybridized carbons (Fsp3) is 0.250. The minimum absolute atomic E-state index is 0.122. The molecule has 0 radical (unpaired) electrons. The molecule has 1 amide bonds. The van der Waals surface area contributed by atoms with Gasteiger partial charge >= 0.3 is 0 Å². The van der Waals surface area contributed by atoms with Crippen LogP contribution >= 0.6 is 0 Å². The van der Waals surface area contributed by atoms with E-state index in [0.29, 0.717) is 25.8 Å². The SMILES string of the molecule is NC1=NC(c2ccccc2)(c2ccccc2)C(=O)N1CCCCCC(=O)Cc1ccc(F)cc1. The number of hydrogen-bond acceptors (Lipinski definition) is 4. The minimum Gasteiger partial charge on any atom is -0.369 e. The summed E-state index contributed by atoms with van der Waals surface area (Å²) in [6.45, 7) is 0.446. The van der Waals surface area contributed by atoms with Gasteiger partial charge in [-0.05, 0) is 41.7 Å². The first-order valence-corrected chi connectivity index (χ1v) is 11.5. The van der Waals surface area contributed by atoms with Crippen molar-refractivity contribution in [3.05, 3.63) is 107 Å². The molecule has 0 aromatic heterocycles. The summed E-state index contributed by atoms with van der Waals surface area (Å²) in [7, 11) is 0. The van der Waals surface area contributed by atoms with Crippen LogP contribution in [0.1, 0.15) is 42.4 Å². The number of hydrogen-bond donors (Lipinski definition) is 1. The third-order valence-corrected chi connectivity index (χ3v) is 6.15. The normalized spacial score (nSPS) is 14.8. The Hall–Kier alpha value is -3.80. The van der Waals surface area contributed by atoms with Gasteiger partial charge in [0.15, 0.2) is 11.5 Å². The molecule has 4 rings (SSSR count). The average molecular weight is 458 g/mol. The number of unbranched alkanes of at least 4 members (excludes halogenated alkanes) is 2. The first kappa shape index (κ1) is 23.4. The Morgan fingerprint density at radius 2 is 1.44 bits per heavy atom. The second kappa shape index (κ2) is 10.4. The Morgan fingerprint density at radius 3 is 2.03 bits per heavy atom. The van der Waals surface area contributed by atoms with E-state index in [2.05, 4.69) is 0 Å². The van der Waals surface area contributed by atoms with Crippen LogP contribution in [-0.2, 0) is 21.5 Å². The van der Waals surface area contributed by atoms with E-state index in [1.165, 1.54) is 12.1 Å². The molecule has 2 N–H and O–H groups in total. The van der Waals surface area contributed by atoms with E-state index in [4.69, 9.17) is 10.7 Å². The molecule has 0 atom stereocenters. The lowest BCUT2D eigenvalue weighted by molar-refractivity contribution is -0.130. The van der Waals surface area contributed by atoms with Gasteiger partial charge in [0, 0.05) is 19.4 Å². The molecule has 1 aliphatic heterocycles. The molecular weight excluding hydrogens is 429 g/mol. The highest BCUT2D eigenvalue weighted by atomic mass is 19.1. The van der Waals surface area contributed by atoms with E-state index in [9.17, 15) is 14.0 Å². The van der Waals surface area contributed by atoms with E-state index in [0.717, 1.165) is 29.5 Å². The summed E-state index contributed by atoms with van der Waals surface area (Å²) in [4.78, 5) is 32.2. The van der Waals surface area contributed by atoms with E-state index in [1.54, 1.807) is 17.0 Å². The summed E-state index contributed by atoms with van der Waals surface area (Å²) < 4.78 is 13.0. The van der Waals surface area contributed by atoms with Gasteiger partial charge in [0.1, 0.15) is 11.6 Å². The second-order valence-corrected chi connectivity index (χ2v) is 8.52. The molecule has 0 fully saturated rings. The zero-order valence-corrected chi connectivity index (χ0v) is 19.0. The fourth-order valence-electron chi connectivity index (χ4n) is 4.38. The van der Waals surface area contributed by atoms with Crippen molar-refractivity contribution in [3.63, 3.8) is 0 Å². The zero-order valence-electron chi connectivity index (χ0n) is 19.0. The van der Waals surface area contributed by atoms with Crippen LogP contribution in [0.2, 0.25) is 0 Å². The molecule has 34 heavy (non-hydrogen) atoms. The molecule has 6 heteroatoms. The van der Waals surface area contributed by atoms with Gasteiger partial charge in [-0.25, -0.2) is 9.38 Å². The number of carbonyl (C=O) groups is 2. The Morgan fingerprint density at radius 1 is 0.853 bits per heavy atom. The number of guanidine groups is 1. The van der Waals surface area contributed by atoms with Gasteiger partial charge in [0.2, 0.25) is 0 Å². The molecule has 0 saturated heterocycles. The third-order valence-electron chi connectivity index (χ3n) is 6.15. The standard InChI is InChI=1S/C28H28FN3O2/c29-24-17-15-21(16-18-24)20-25(33)14-8-3-9-19-32-26(34)28(31-27(32)30,22-10-4-1-5-11-22)23-12-6-2-7-13-23/h1-2,4-7,10-13,15-18H,3,8-9,14,19-20H2,(H2,30,31). The highest BCUT2D eigenvalue weighted by molar-refractivity contribution is 6.09. The summed E-state index contributed by atoms with van der Waals surface area (Å²) in [5.74, 6) is -0.129. The Kier molecular flexibility index (Phi) is 7.16. The maximum absolute atomic E-state index is 13.7. The number of benzene rings is 3. The monoisotopic (exact) mass is 457 g/mol. The highest BCUT2D eigenvalue weighted by Crippen LogP contribution is 2.39. The first-order valence-electron chi connectivity index (χ1n) is 11.5. The van der Waals surface area contributed by atoms with Crippen molar-refractivity contribution in [1.82, 2.24) is 4.90 Å². The van der Waals surface area contributed by atoms with Gasteiger partial charge in [-0.15, -0.1) is 0 Å². The largest absolute Gasteiger partial charge is 0.369 e. The van der Waals surface area contributed by atoms with Crippen molar-refractivity contribution in [1.29, 1.82) is 0 Å². The Bertz CT molecular complexity index is 1120. The average Bonchev–Trinajstić information content (AvgIpc) is 3.12. The van der Waals surface area contributed by atoms with Gasteiger partial charge in [0.05, 0.1) is 0 Å². The summed E-state index contributed by atoms with van der Waals surface area (Å²) in [6, 6.07) is 25.0.